The van der Waals surface area contributed by atoms with Crippen molar-refractivity contribution >= 4 is 5.57 Å². The molecule has 0 heterocycles. The molecular formula is C16H18. The minimum absolute atomic E-state index is 1.19. The summed E-state index contributed by atoms with van der Waals surface area (Å²) >= 11 is 0. The van der Waals surface area contributed by atoms with E-state index < -0.39 is 0 Å². The van der Waals surface area contributed by atoms with Crippen LogP contribution in [0.25, 0.3) is 5.57 Å². The minimum Gasteiger partial charge on any atom is -0.0991 e. The Bertz CT molecular complexity index is 447. The van der Waals surface area contributed by atoms with Crippen LogP contribution in [0.1, 0.15) is 30.9 Å². The second kappa shape index (κ2) is 4.98. The van der Waals surface area contributed by atoms with Crippen LogP contribution in [-0.4, -0.2) is 0 Å². The van der Waals surface area contributed by atoms with Crippen LogP contribution in [0, 0.1) is 0 Å². The van der Waals surface area contributed by atoms with E-state index in [1.807, 2.05) is 6.08 Å². The molecule has 2 rings (SSSR count). The zero-order valence-corrected chi connectivity index (χ0v) is 9.87. The first-order chi connectivity index (χ1) is 7.81. The molecule has 0 bridgehead atoms. The van der Waals surface area contributed by atoms with E-state index in [-0.39, 0.29) is 0 Å². The average molecular weight is 210 g/mol. The summed E-state index contributed by atoms with van der Waals surface area (Å²) in [4.78, 5) is 0. The Kier molecular flexibility index (Phi) is 3.40. The molecule has 0 fully saturated rings. The van der Waals surface area contributed by atoms with Gasteiger partial charge in [0, 0.05) is 0 Å². The molecule has 0 unspecified atom stereocenters. The molecule has 1 aliphatic rings. The van der Waals surface area contributed by atoms with Crippen molar-refractivity contribution in [3.63, 3.8) is 0 Å². The lowest BCUT2D eigenvalue weighted by Gasteiger charge is -2.18. The molecule has 0 nitrogen and oxygen atoms in total. The van der Waals surface area contributed by atoms with E-state index in [1.54, 1.807) is 0 Å². The van der Waals surface area contributed by atoms with E-state index in [4.69, 9.17) is 0 Å². The Balaban J connectivity index is 2.38. The maximum Gasteiger partial charge on any atom is -0.0192 e. The fourth-order valence-electron chi connectivity index (χ4n) is 2.31. The molecule has 0 N–H and O–H groups in total. The van der Waals surface area contributed by atoms with Crippen LogP contribution >= 0.6 is 0 Å². The molecule has 82 valence electrons. The van der Waals surface area contributed by atoms with Gasteiger partial charge in [-0.05, 0) is 42.9 Å². The van der Waals surface area contributed by atoms with Gasteiger partial charge in [-0.3, -0.25) is 0 Å². The smallest absolute Gasteiger partial charge is 0.0192 e. The lowest BCUT2D eigenvalue weighted by molar-refractivity contribution is 0.822. The minimum atomic E-state index is 1.19. The van der Waals surface area contributed by atoms with Crippen molar-refractivity contribution < 1.29 is 0 Å². The van der Waals surface area contributed by atoms with Gasteiger partial charge >= 0.3 is 0 Å². The van der Waals surface area contributed by atoms with Gasteiger partial charge in [-0.1, -0.05) is 54.6 Å². The Labute approximate surface area is 98.0 Å². The van der Waals surface area contributed by atoms with Crippen molar-refractivity contribution in [2.75, 3.05) is 0 Å². The summed E-state index contributed by atoms with van der Waals surface area (Å²) in [5.74, 6) is 0. The van der Waals surface area contributed by atoms with Gasteiger partial charge in [0.05, 0.1) is 0 Å². The van der Waals surface area contributed by atoms with Crippen LogP contribution in [0.4, 0.5) is 0 Å². The number of allylic oxidation sites excluding steroid dienone is 5. The lowest BCUT2D eigenvalue weighted by Crippen LogP contribution is -2.01. The highest BCUT2D eigenvalue weighted by molar-refractivity contribution is 5.72. The van der Waals surface area contributed by atoms with Crippen molar-refractivity contribution in [3.05, 3.63) is 65.8 Å². The van der Waals surface area contributed by atoms with Crippen LogP contribution in [0.3, 0.4) is 0 Å². The Morgan fingerprint density at radius 2 is 2.06 bits per heavy atom. The van der Waals surface area contributed by atoms with Crippen LogP contribution in [0.15, 0.2) is 54.6 Å². The summed E-state index contributed by atoms with van der Waals surface area (Å²) < 4.78 is 0. The number of aryl methyl sites for hydroxylation is 1. The summed E-state index contributed by atoms with van der Waals surface area (Å²) in [5, 5.41) is 0. The third-order valence-electron chi connectivity index (χ3n) is 3.04. The molecule has 0 atom stereocenters. The SMILES string of the molecule is C=C/C=C(C)\C=C1/CCCc2ccccc21. The fourth-order valence-corrected chi connectivity index (χ4v) is 2.31. The van der Waals surface area contributed by atoms with Gasteiger partial charge in [0.15, 0.2) is 0 Å². The van der Waals surface area contributed by atoms with E-state index in [0.29, 0.717) is 0 Å². The topological polar surface area (TPSA) is 0 Å². The van der Waals surface area contributed by atoms with E-state index in [1.165, 1.54) is 41.5 Å². The molecule has 1 aromatic rings. The monoisotopic (exact) mass is 210 g/mol. The van der Waals surface area contributed by atoms with Gasteiger partial charge in [0.25, 0.3) is 0 Å². The van der Waals surface area contributed by atoms with Gasteiger partial charge in [0.2, 0.25) is 0 Å². The van der Waals surface area contributed by atoms with Gasteiger partial charge in [-0.15, -0.1) is 0 Å². The maximum atomic E-state index is 3.73. The molecule has 0 aromatic heterocycles. The Morgan fingerprint density at radius 1 is 1.25 bits per heavy atom. The first-order valence-electron chi connectivity index (χ1n) is 5.89. The summed E-state index contributed by atoms with van der Waals surface area (Å²) in [6, 6.07) is 8.75. The molecule has 0 radical (unpaired) electrons. The normalized spacial score (nSPS) is 18.3. The Morgan fingerprint density at radius 3 is 2.88 bits per heavy atom. The predicted octanol–water partition coefficient (Wildman–Crippen LogP) is 4.54. The molecule has 0 amide bonds. The highest BCUT2D eigenvalue weighted by Crippen LogP contribution is 2.31. The van der Waals surface area contributed by atoms with Crippen molar-refractivity contribution in [2.45, 2.75) is 26.2 Å². The third kappa shape index (κ3) is 2.33. The Hall–Kier alpha value is -1.56. The molecule has 0 saturated carbocycles. The number of rotatable bonds is 2. The molecular weight excluding hydrogens is 192 g/mol. The van der Waals surface area contributed by atoms with Crippen molar-refractivity contribution in [1.29, 1.82) is 0 Å². The van der Waals surface area contributed by atoms with Gasteiger partial charge in [-0.2, -0.15) is 0 Å². The van der Waals surface area contributed by atoms with Crippen LogP contribution in [0.5, 0.6) is 0 Å². The summed E-state index contributed by atoms with van der Waals surface area (Å²) in [6.45, 7) is 5.86. The first kappa shape index (κ1) is 10.9. The second-order valence-corrected chi connectivity index (χ2v) is 4.33. The largest absolute Gasteiger partial charge is 0.0991 e. The summed E-state index contributed by atoms with van der Waals surface area (Å²) in [7, 11) is 0. The number of fused-ring (bicyclic) bond motifs is 1. The van der Waals surface area contributed by atoms with E-state index >= 15 is 0 Å². The number of hydrogen-bond donors (Lipinski definition) is 0. The fraction of sp³-hybridized carbons (Fsp3) is 0.250. The van der Waals surface area contributed by atoms with Gasteiger partial charge in [-0.25, -0.2) is 0 Å². The van der Waals surface area contributed by atoms with E-state index in [0.717, 1.165) is 0 Å². The maximum absolute atomic E-state index is 3.73. The highest BCUT2D eigenvalue weighted by Gasteiger charge is 2.12. The molecule has 0 heteroatoms. The van der Waals surface area contributed by atoms with Crippen LogP contribution < -0.4 is 0 Å². The van der Waals surface area contributed by atoms with E-state index in [9.17, 15) is 0 Å². The molecule has 0 saturated heterocycles. The van der Waals surface area contributed by atoms with E-state index in [2.05, 4.69) is 49.9 Å². The molecule has 1 aliphatic carbocycles. The van der Waals surface area contributed by atoms with Gasteiger partial charge < -0.3 is 0 Å². The van der Waals surface area contributed by atoms with Crippen molar-refractivity contribution in [2.24, 2.45) is 0 Å². The summed E-state index contributed by atoms with van der Waals surface area (Å²) in [6.07, 6.45) is 9.88. The molecule has 1 aromatic carbocycles. The average Bonchev–Trinajstić information content (AvgIpc) is 2.30. The second-order valence-electron chi connectivity index (χ2n) is 4.33. The van der Waals surface area contributed by atoms with Crippen molar-refractivity contribution in [3.8, 4) is 0 Å². The lowest BCUT2D eigenvalue weighted by atomic mass is 9.86. The zero-order chi connectivity index (χ0) is 11.4. The number of benzene rings is 1. The molecule has 16 heavy (non-hydrogen) atoms. The molecule has 0 aliphatic heterocycles. The quantitative estimate of drug-likeness (QED) is 0.629. The standard InChI is InChI=1S/C16H18/c1-3-7-13(2)12-15-10-6-9-14-8-4-5-11-16(14)15/h3-5,7-8,11-12H,1,6,9-10H2,2H3/b13-7-,15-12+. The van der Waals surface area contributed by atoms with Gasteiger partial charge in [0.1, 0.15) is 0 Å². The third-order valence-corrected chi connectivity index (χ3v) is 3.04. The zero-order valence-electron chi connectivity index (χ0n) is 9.87. The van der Waals surface area contributed by atoms with Crippen molar-refractivity contribution in [1.82, 2.24) is 0 Å². The first-order valence-corrected chi connectivity index (χ1v) is 5.89. The predicted molar refractivity (Wildman–Crippen MR) is 71.3 cm³/mol. The molecule has 0 spiro atoms. The van der Waals surface area contributed by atoms with Crippen LogP contribution in [-0.2, 0) is 6.42 Å². The highest BCUT2D eigenvalue weighted by atomic mass is 14.2. The summed E-state index contributed by atoms with van der Waals surface area (Å²) in [5.41, 5.74) is 5.68. The number of hydrogen-bond acceptors (Lipinski definition) is 0. The van der Waals surface area contributed by atoms with Crippen LogP contribution in [0.2, 0.25) is 0 Å².